The predicted octanol–water partition coefficient (Wildman–Crippen LogP) is 7.60. The number of carboxylic acid groups (broad SMARTS) is 1. The van der Waals surface area contributed by atoms with Crippen molar-refractivity contribution in [1.29, 1.82) is 0 Å². The van der Waals surface area contributed by atoms with Gasteiger partial charge in [0.1, 0.15) is 5.54 Å². The molecule has 10 nitrogen and oxygen atoms in total. The van der Waals surface area contributed by atoms with Crippen molar-refractivity contribution in [2.45, 2.75) is 108 Å². The number of fused-ring (bicyclic) bond motifs is 5. The lowest BCUT2D eigenvalue weighted by Crippen LogP contribution is -2.66. The molecule has 5 aliphatic rings. The highest BCUT2D eigenvalue weighted by Gasteiger charge is 2.57. The van der Waals surface area contributed by atoms with Crippen molar-refractivity contribution in [3.63, 3.8) is 0 Å². The normalized spacial score (nSPS) is 27.8. The van der Waals surface area contributed by atoms with Crippen LogP contribution in [-0.4, -0.2) is 73.0 Å². The fourth-order valence-electron chi connectivity index (χ4n) is 10.8. The van der Waals surface area contributed by atoms with Crippen molar-refractivity contribution in [2.75, 3.05) is 24.5 Å². The number of carbonyl (C=O) groups is 2. The molecule has 4 heterocycles. The minimum absolute atomic E-state index is 0.126. The first-order valence-electron chi connectivity index (χ1n) is 19.2. The van der Waals surface area contributed by atoms with E-state index in [1.165, 1.54) is 4.90 Å². The van der Waals surface area contributed by atoms with Crippen LogP contribution in [0.3, 0.4) is 0 Å². The number of nitrogens with zero attached hydrogens (tertiary/aromatic N) is 6. The van der Waals surface area contributed by atoms with Crippen molar-refractivity contribution in [1.82, 2.24) is 30.0 Å². The summed E-state index contributed by atoms with van der Waals surface area (Å²) in [6, 6.07) is 5.58. The number of anilines is 2. The Bertz CT molecular complexity index is 1990. The molecule has 2 aliphatic heterocycles. The summed E-state index contributed by atoms with van der Waals surface area (Å²) >= 11 is 0. The summed E-state index contributed by atoms with van der Waals surface area (Å²) in [7, 11) is 0. The van der Waals surface area contributed by atoms with Crippen LogP contribution in [-0.2, 0) is 29.4 Å². The summed E-state index contributed by atoms with van der Waals surface area (Å²) in [5.74, 6) is -3.01. The van der Waals surface area contributed by atoms with Crippen LogP contribution in [0.5, 0.6) is 0 Å². The number of carboxylic acids is 1. The van der Waals surface area contributed by atoms with E-state index in [0.29, 0.717) is 55.1 Å². The molecule has 55 heavy (non-hydrogen) atoms. The standard InChI is InChI=1S/C39H45F6N7O3/c1-22-12-24-14-23(2)38(34(54)55,26(13-22)15-24)49-33(53)28-18-46-35(48-32(28)39(43,44)45)51-20-36(9-4-3-5-10-36)29-16-27(6-7-31(29)51)52-30-8-11-50(21-37(40,41)42)19-25(30)17-47-52/h6-7,16-18,22-24,26H,3-5,8-15,19-21H2,1-2H3,(H,49,53)(H,54,55). The van der Waals surface area contributed by atoms with E-state index < -0.39 is 64.8 Å². The minimum Gasteiger partial charge on any atom is -0.479 e. The molecule has 3 saturated carbocycles. The van der Waals surface area contributed by atoms with E-state index in [1.54, 1.807) is 34.8 Å². The molecule has 1 amide bonds. The van der Waals surface area contributed by atoms with Gasteiger partial charge in [-0.05, 0) is 86.0 Å². The first kappa shape index (κ1) is 37.7. The van der Waals surface area contributed by atoms with E-state index in [9.17, 15) is 41.0 Å². The van der Waals surface area contributed by atoms with Gasteiger partial charge in [-0.2, -0.15) is 31.4 Å². The Kier molecular flexibility index (Phi) is 9.24. The van der Waals surface area contributed by atoms with Crippen LogP contribution in [0.15, 0.2) is 30.6 Å². The molecule has 16 heteroatoms. The van der Waals surface area contributed by atoms with Gasteiger partial charge in [-0.15, -0.1) is 0 Å². The van der Waals surface area contributed by atoms with Gasteiger partial charge < -0.3 is 15.3 Å². The Morgan fingerprint density at radius 3 is 2.47 bits per heavy atom. The van der Waals surface area contributed by atoms with Gasteiger partial charge in [0.25, 0.3) is 5.91 Å². The number of amides is 1. The second kappa shape index (κ2) is 13.5. The number of alkyl halides is 6. The summed E-state index contributed by atoms with van der Waals surface area (Å²) < 4.78 is 85.6. The van der Waals surface area contributed by atoms with Crippen LogP contribution in [0.1, 0.15) is 105 Å². The quantitative estimate of drug-likeness (QED) is 0.246. The number of hydrogen-bond donors (Lipinski definition) is 2. The zero-order chi connectivity index (χ0) is 39.1. The maximum Gasteiger partial charge on any atom is 0.434 e. The first-order chi connectivity index (χ1) is 26.0. The van der Waals surface area contributed by atoms with E-state index in [4.69, 9.17) is 0 Å². The third kappa shape index (κ3) is 6.65. The van der Waals surface area contributed by atoms with Gasteiger partial charge >= 0.3 is 18.3 Å². The lowest BCUT2D eigenvalue weighted by atomic mass is 9.56. The number of nitrogens with one attached hydrogen (secondary N) is 1. The highest BCUT2D eigenvalue weighted by Crippen LogP contribution is 2.53. The second-order valence-electron chi connectivity index (χ2n) is 16.8. The van der Waals surface area contributed by atoms with Crippen molar-refractivity contribution in [3.05, 3.63) is 58.7 Å². The molecule has 0 radical (unpaired) electrons. The van der Waals surface area contributed by atoms with Gasteiger partial charge in [0.2, 0.25) is 5.95 Å². The number of benzene rings is 1. The highest BCUT2D eigenvalue weighted by atomic mass is 19.4. The molecule has 5 unspecified atom stereocenters. The van der Waals surface area contributed by atoms with Crippen molar-refractivity contribution in [3.8, 4) is 5.69 Å². The van der Waals surface area contributed by atoms with Crippen LogP contribution in [0, 0.1) is 23.7 Å². The Labute approximate surface area is 314 Å². The van der Waals surface area contributed by atoms with Gasteiger partial charge in [0.05, 0.1) is 24.0 Å². The highest BCUT2D eigenvalue weighted by molar-refractivity contribution is 5.99. The number of aromatic nitrogens is 4. The Morgan fingerprint density at radius 2 is 1.76 bits per heavy atom. The molecule has 1 spiro atoms. The molecule has 2 aromatic heterocycles. The molecule has 2 bridgehead atoms. The smallest absolute Gasteiger partial charge is 0.434 e. The van der Waals surface area contributed by atoms with Gasteiger partial charge in [-0.1, -0.05) is 33.1 Å². The van der Waals surface area contributed by atoms with Gasteiger partial charge in [-0.25, -0.2) is 19.4 Å². The third-order valence-electron chi connectivity index (χ3n) is 13.1. The van der Waals surface area contributed by atoms with Gasteiger partial charge in [-0.3, -0.25) is 9.69 Å². The lowest BCUT2D eigenvalue weighted by molar-refractivity contribution is -0.155. The van der Waals surface area contributed by atoms with Crippen molar-refractivity contribution >= 4 is 23.5 Å². The molecule has 296 valence electrons. The maximum atomic E-state index is 14.9. The van der Waals surface area contributed by atoms with Crippen LogP contribution < -0.4 is 10.2 Å². The molecule has 3 fully saturated rings. The SMILES string of the molecule is CC1CC2CC(C)C(NC(=O)c3cnc(N4CC5(CCCCC5)c5cc(-n6ncc7c6CCN(CC(F)(F)F)C7)ccc54)nc3C(F)(F)F)(C(=O)O)C(C1)C2. The molecule has 3 aliphatic carbocycles. The van der Waals surface area contributed by atoms with Gasteiger partial charge in [0, 0.05) is 54.6 Å². The van der Waals surface area contributed by atoms with E-state index in [0.717, 1.165) is 56.0 Å². The summed E-state index contributed by atoms with van der Waals surface area (Å²) in [4.78, 5) is 38.2. The summed E-state index contributed by atoms with van der Waals surface area (Å²) in [5.41, 5.74) is -0.601. The van der Waals surface area contributed by atoms with Crippen LogP contribution in [0.4, 0.5) is 38.0 Å². The Morgan fingerprint density at radius 1 is 1.00 bits per heavy atom. The summed E-state index contributed by atoms with van der Waals surface area (Å²) in [6.45, 7) is 3.46. The average Bonchev–Trinajstić information content (AvgIpc) is 3.67. The zero-order valence-corrected chi connectivity index (χ0v) is 30.8. The van der Waals surface area contributed by atoms with Crippen LogP contribution in [0.25, 0.3) is 5.69 Å². The number of aliphatic carboxylic acids is 1. The number of hydrogen-bond acceptors (Lipinski definition) is 7. The van der Waals surface area contributed by atoms with Crippen molar-refractivity contribution in [2.24, 2.45) is 23.7 Å². The molecule has 5 atom stereocenters. The summed E-state index contributed by atoms with van der Waals surface area (Å²) in [6.07, 6.45) is 0.559. The Balaban J connectivity index is 1.13. The van der Waals surface area contributed by atoms with E-state index in [2.05, 4.69) is 20.4 Å². The third-order valence-corrected chi connectivity index (χ3v) is 13.1. The van der Waals surface area contributed by atoms with Gasteiger partial charge in [0.15, 0.2) is 5.69 Å². The predicted molar refractivity (Wildman–Crippen MR) is 189 cm³/mol. The summed E-state index contributed by atoms with van der Waals surface area (Å²) in [5, 5.41) is 17.7. The minimum atomic E-state index is -5.05. The second-order valence-corrected chi connectivity index (χ2v) is 16.8. The monoisotopic (exact) mass is 773 g/mol. The zero-order valence-electron chi connectivity index (χ0n) is 30.8. The van der Waals surface area contributed by atoms with Crippen LogP contribution in [0.2, 0.25) is 0 Å². The maximum absolute atomic E-state index is 14.9. The lowest BCUT2D eigenvalue weighted by Gasteiger charge is -2.52. The molecule has 0 saturated heterocycles. The fraction of sp³-hybridized carbons (Fsp3) is 0.615. The fourth-order valence-corrected chi connectivity index (χ4v) is 10.8. The molecule has 3 aromatic rings. The van der Waals surface area contributed by atoms with E-state index in [1.807, 2.05) is 13.0 Å². The van der Waals surface area contributed by atoms with E-state index >= 15 is 0 Å². The van der Waals surface area contributed by atoms with E-state index in [-0.39, 0.29) is 25.0 Å². The largest absolute Gasteiger partial charge is 0.479 e. The number of rotatable bonds is 6. The number of carbonyl (C=O) groups excluding carboxylic acids is 1. The number of halogens is 6. The molecule has 2 N–H and O–H groups in total. The van der Waals surface area contributed by atoms with Crippen LogP contribution >= 0.6 is 0 Å². The molecular weight excluding hydrogens is 728 g/mol. The Hall–Kier alpha value is -4.21. The molecule has 8 rings (SSSR count). The topological polar surface area (TPSA) is 116 Å². The molecular formula is C39H45F6N7O3. The first-order valence-corrected chi connectivity index (χ1v) is 19.2. The van der Waals surface area contributed by atoms with Crippen molar-refractivity contribution < 1.29 is 41.0 Å². The molecule has 1 aromatic carbocycles. The average molecular weight is 774 g/mol.